The van der Waals surface area contributed by atoms with Gasteiger partial charge in [0.1, 0.15) is 5.82 Å². The Hall–Kier alpha value is -2.43. The molecule has 5 nitrogen and oxygen atoms in total. The van der Waals surface area contributed by atoms with E-state index in [1.807, 2.05) is 45.0 Å². The first kappa shape index (κ1) is 15.0. The SMILES string of the molecule is C=CCc1c(C)nc(N)nc1N[C@H](C)c1cccc(C)n1. The first-order valence-electron chi connectivity index (χ1n) is 6.95. The normalized spacial score (nSPS) is 12.0. The molecule has 0 fully saturated rings. The average Bonchev–Trinajstić information content (AvgIpc) is 2.42. The molecule has 2 aromatic heterocycles. The number of rotatable bonds is 5. The molecule has 0 aliphatic carbocycles. The van der Waals surface area contributed by atoms with Gasteiger partial charge in [-0.2, -0.15) is 4.98 Å². The van der Waals surface area contributed by atoms with Crippen LogP contribution in [0.15, 0.2) is 30.9 Å². The standard InChI is InChI=1S/C16H21N5/c1-5-7-13-11(3)20-16(17)21-15(13)19-12(4)14-9-6-8-10(2)18-14/h5-6,8-9,12H,1,7H2,2-4H3,(H3,17,19,20,21)/t12-/m1/s1. The number of hydrogen-bond donors (Lipinski definition) is 2. The maximum atomic E-state index is 5.76. The minimum Gasteiger partial charge on any atom is -0.368 e. The van der Waals surface area contributed by atoms with Gasteiger partial charge in [-0.15, -0.1) is 6.58 Å². The van der Waals surface area contributed by atoms with E-state index in [0.29, 0.717) is 6.42 Å². The summed E-state index contributed by atoms with van der Waals surface area (Å²) < 4.78 is 0. The molecule has 0 saturated heterocycles. The monoisotopic (exact) mass is 283 g/mol. The van der Waals surface area contributed by atoms with Crippen molar-refractivity contribution in [1.29, 1.82) is 0 Å². The highest BCUT2D eigenvalue weighted by Gasteiger charge is 2.13. The van der Waals surface area contributed by atoms with Crippen molar-refractivity contribution in [3.05, 3.63) is 53.5 Å². The lowest BCUT2D eigenvalue weighted by Crippen LogP contribution is -2.14. The van der Waals surface area contributed by atoms with Gasteiger partial charge < -0.3 is 11.1 Å². The maximum Gasteiger partial charge on any atom is 0.222 e. The van der Waals surface area contributed by atoms with Crippen molar-refractivity contribution >= 4 is 11.8 Å². The van der Waals surface area contributed by atoms with Crippen LogP contribution in [0.2, 0.25) is 0 Å². The topological polar surface area (TPSA) is 76.7 Å². The molecule has 0 radical (unpaired) electrons. The maximum absolute atomic E-state index is 5.76. The van der Waals surface area contributed by atoms with Crippen LogP contribution >= 0.6 is 0 Å². The Morgan fingerprint density at radius 3 is 2.71 bits per heavy atom. The molecule has 3 N–H and O–H groups in total. The number of aromatic nitrogens is 3. The van der Waals surface area contributed by atoms with Crippen LogP contribution in [0, 0.1) is 13.8 Å². The average molecular weight is 283 g/mol. The largest absolute Gasteiger partial charge is 0.368 e. The van der Waals surface area contributed by atoms with Crippen LogP contribution in [0.5, 0.6) is 0 Å². The molecule has 0 spiro atoms. The van der Waals surface area contributed by atoms with Gasteiger partial charge in [-0.1, -0.05) is 12.1 Å². The van der Waals surface area contributed by atoms with Gasteiger partial charge in [0, 0.05) is 17.0 Å². The van der Waals surface area contributed by atoms with E-state index in [9.17, 15) is 0 Å². The van der Waals surface area contributed by atoms with E-state index < -0.39 is 0 Å². The Bertz CT molecular complexity index is 651. The highest BCUT2D eigenvalue weighted by Crippen LogP contribution is 2.23. The van der Waals surface area contributed by atoms with E-state index in [0.717, 1.165) is 28.5 Å². The lowest BCUT2D eigenvalue weighted by molar-refractivity contribution is 0.818. The molecule has 2 rings (SSSR count). The Kier molecular flexibility index (Phi) is 4.52. The number of nitrogens with one attached hydrogen (secondary N) is 1. The summed E-state index contributed by atoms with van der Waals surface area (Å²) in [5, 5.41) is 3.38. The van der Waals surface area contributed by atoms with Crippen molar-refractivity contribution < 1.29 is 0 Å². The minimum atomic E-state index is 0.0298. The van der Waals surface area contributed by atoms with Gasteiger partial charge in [0.15, 0.2) is 0 Å². The van der Waals surface area contributed by atoms with Gasteiger partial charge in [0.05, 0.1) is 11.7 Å². The lowest BCUT2D eigenvalue weighted by Gasteiger charge is -2.18. The van der Waals surface area contributed by atoms with Crippen molar-refractivity contribution in [3.8, 4) is 0 Å². The fourth-order valence-corrected chi connectivity index (χ4v) is 2.21. The quantitative estimate of drug-likeness (QED) is 0.825. The zero-order chi connectivity index (χ0) is 15.4. The van der Waals surface area contributed by atoms with E-state index >= 15 is 0 Å². The summed E-state index contributed by atoms with van der Waals surface area (Å²) in [4.78, 5) is 13.1. The zero-order valence-corrected chi connectivity index (χ0v) is 12.7. The molecule has 0 aliphatic heterocycles. The Balaban J connectivity index is 2.32. The van der Waals surface area contributed by atoms with E-state index in [-0.39, 0.29) is 12.0 Å². The summed E-state index contributed by atoms with van der Waals surface area (Å²) in [7, 11) is 0. The third-order valence-electron chi connectivity index (χ3n) is 3.29. The minimum absolute atomic E-state index is 0.0298. The van der Waals surface area contributed by atoms with Gasteiger partial charge in [-0.25, -0.2) is 4.98 Å². The molecule has 0 amide bonds. The number of hydrogen-bond acceptors (Lipinski definition) is 5. The van der Waals surface area contributed by atoms with Gasteiger partial charge in [-0.3, -0.25) is 4.98 Å². The number of nitrogens with zero attached hydrogens (tertiary/aromatic N) is 3. The molecule has 1 atom stereocenters. The fraction of sp³-hybridized carbons (Fsp3) is 0.312. The van der Waals surface area contributed by atoms with Crippen LogP contribution in [0.3, 0.4) is 0 Å². The van der Waals surface area contributed by atoms with E-state index in [1.54, 1.807) is 0 Å². The summed E-state index contributed by atoms with van der Waals surface area (Å²) in [5.41, 5.74) is 9.60. The molecular formula is C16H21N5. The second kappa shape index (κ2) is 6.35. The molecule has 0 unspecified atom stereocenters. The molecule has 21 heavy (non-hydrogen) atoms. The molecule has 0 saturated carbocycles. The number of pyridine rings is 1. The van der Waals surface area contributed by atoms with Crippen molar-refractivity contribution in [1.82, 2.24) is 15.0 Å². The Morgan fingerprint density at radius 2 is 2.05 bits per heavy atom. The van der Waals surface area contributed by atoms with Gasteiger partial charge >= 0.3 is 0 Å². The molecular weight excluding hydrogens is 262 g/mol. The van der Waals surface area contributed by atoms with Crippen LogP contribution in [0.25, 0.3) is 0 Å². The Morgan fingerprint density at radius 1 is 1.29 bits per heavy atom. The highest BCUT2D eigenvalue weighted by atomic mass is 15.1. The van der Waals surface area contributed by atoms with Gasteiger partial charge in [0.25, 0.3) is 0 Å². The Labute approximate surface area is 125 Å². The van der Waals surface area contributed by atoms with Crippen LogP contribution in [0.4, 0.5) is 11.8 Å². The van der Waals surface area contributed by atoms with Crippen molar-refractivity contribution in [2.75, 3.05) is 11.1 Å². The van der Waals surface area contributed by atoms with E-state index in [4.69, 9.17) is 5.73 Å². The smallest absolute Gasteiger partial charge is 0.222 e. The van der Waals surface area contributed by atoms with Crippen molar-refractivity contribution in [2.45, 2.75) is 33.2 Å². The predicted octanol–water partition coefficient (Wildman–Crippen LogP) is 2.97. The molecule has 2 heterocycles. The molecule has 110 valence electrons. The van der Waals surface area contributed by atoms with E-state index in [1.165, 1.54) is 0 Å². The third-order valence-corrected chi connectivity index (χ3v) is 3.29. The number of nitrogen functional groups attached to an aromatic ring is 1. The lowest BCUT2D eigenvalue weighted by atomic mass is 10.1. The van der Waals surface area contributed by atoms with Crippen LogP contribution in [-0.4, -0.2) is 15.0 Å². The number of nitrogens with two attached hydrogens (primary N) is 1. The summed E-state index contributed by atoms with van der Waals surface area (Å²) in [5.74, 6) is 1.02. The second-order valence-electron chi connectivity index (χ2n) is 5.06. The third kappa shape index (κ3) is 3.56. The molecule has 2 aromatic rings. The fourth-order valence-electron chi connectivity index (χ4n) is 2.21. The zero-order valence-electron chi connectivity index (χ0n) is 12.7. The number of anilines is 2. The number of aryl methyl sites for hydroxylation is 2. The predicted molar refractivity (Wildman–Crippen MR) is 86.1 cm³/mol. The summed E-state index contributed by atoms with van der Waals surface area (Å²) in [6.07, 6.45) is 2.53. The van der Waals surface area contributed by atoms with Crippen LogP contribution in [0.1, 0.15) is 35.6 Å². The van der Waals surface area contributed by atoms with Crippen LogP contribution < -0.4 is 11.1 Å². The first-order valence-corrected chi connectivity index (χ1v) is 6.95. The highest BCUT2D eigenvalue weighted by molar-refractivity contribution is 5.51. The van der Waals surface area contributed by atoms with Crippen molar-refractivity contribution in [3.63, 3.8) is 0 Å². The summed E-state index contributed by atoms with van der Waals surface area (Å²) >= 11 is 0. The van der Waals surface area contributed by atoms with Gasteiger partial charge in [-0.05, 0) is 39.3 Å². The van der Waals surface area contributed by atoms with Gasteiger partial charge in [0.2, 0.25) is 5.95 Å². The molecule has 0 bridgehead atoms. The summed E-state index contributed by atoms with van der Waals surface area (Å²) in [6.45, 7) is 9.74. The van der Waals surface area contributed by atoms with Crippen LogP contribution in [-0.2, 0) is 6.42 Å². The summed E-state index contributed by atoms with van der Waals surface area (Å²) in [6, 6.07) is 6.00. The van der Waals surface area contributed by atoms with Crippen molar-refractivity contribution in [2.24, 2.45) is 0 Å². The number of allylic oxidation sites excluding steroid dienone is 1. The molecule has 0 aliphatic rings. The molecule has 5 heteroatoms. The first-order chi connectivity index (χ1) is 10.0. The molecule has 0 aromatic carbocycles. The van der Waals surface area contributed by atoms with E-state index in [2.05, 4.69) is 26.8 Å². The second-order valence-corrected chi connectivity index (χ2v) is 5.06.